The Morgan fingerprint density at radius 3 is 2.32 bits per heavy atom. The second-order valence-corrected chi connectivity index (χ2v) is 11.3. The van der Waals surface area contributed by atoms with Gasteiger partial charge in [-0.3, -0.25) is 9.59 Å². The zero-order chi connectivity index (χ0) is 14.8. The smallest absolute Gasteiger partial charge is 0.304 e. The maximum Gasteiger partial charge on any atom is 0.304 e. The molecule has 1 fully saturated rings. The van der Waals surface area contributed by atoms with Gasteiger partial charge in [0.25, 0.3) is 0 Å². The van der Waals surface area contributed by atoms with Crippen molar-refractivity contribution in [2.45, 2.75) is 58.5 Å². The summed E-state index contributed by atoms with van der Waals surface area (Å²) in [6.45, 7) is 13.0. The summed E-state index contributed by atoms with van der Waals surface area (Å²) in [4.78, 5) is 24.2. The fourth-order valence-corrected chi connectivity index (χ4v) is 2.66. The molecule has 1 aliphatic rings. The Balaban J connectivity index is 2.68. The first-order valence-corrected chi connectivity index (χ1v) is 9.56. The first-order valence-electron chi connectivity index (χ1n) is 6.66. The lowest BCUT2D eigenvalue weighted by molar-refractivity contribution is -0.170. The fourth-order valence-electron chi connectivity index (χ4n) is 1.52. The molecule has 6 heteroatoms. The summed E-state index contributed by atoms with van der Waals surface area (Å²) >= 11 is 0. The van der Waals surface area contributed by atoms with Gasteiger partial charge in [0.05, 0.1) is 6.54 Å². The van der Waals surface area contributed by atoms with Gasteiger partial charge in [-0.05, 0) is 18.1 Å². The first kappa shape index (κ1) is 16.2. The minimum atomic E-state index is -2.03. The summed E-state index contributed by atoms with van der Waals surface area (Å²) < 4.78 is 11.3. The minimum absolute atomic E-state index is 0.0321. The Hall–Kier alpha value is -0.883. The molecule has 0 aromatic heterocycles. The molecule has 0 aromatic carbocycles. The molecule has 0 aliphatic carbocycles. The Morgan fingerprint density at radius 1 is 1.42 bits per heavy atom. The van der Waals surface area contributed by atoms with E-state index in [0.29, 0.717) is 13.0 Å². The summed E-state index contributed by atoms with van der Waals surface area (Å²) in [5, 5.41) is 0.0321. The van der Waals surface area contributed by atoms with Crippen molar-refractivity contribution in [3.63, 3.8) is 0 Å². The number of ether oxygens (including phenoxy) is 1. The van der Waals surface area contributed by atoms with Crippen LogP contribution < -0.4 is 0 Å². The molecule has 1 atom stereocenters. The van der Waals surface area contributed by atoms with Crippen LogP contribution >= 0.6 is 0 Å². The normalized spacial score (nSPS) is 18.0. The van der Waals surface area contributed by atoms with Crippen LogP contribution in [0.2, 0.25) is 18.1 Å². The van der Waals surface area contributed by atoms with Gasteiger partial charge in [-0.25, -0.2) is 0 Å². The molecule has 1 amide bonds. The largest absolute Gasteiger partial charge is 0.435 e. The molecule has 110 valence electrons. The molecule has 1 rings (SSSR count). The number of carbonyl (C=O) groups excluding carboxylic acids is 2. The zero-order valence-electron chi connectivity index (χ0n) is 12.8. The van der Waals surface area contributed by atoms with Crippen LogP contribution in [0.3, 0.4) is 0 Å². The van der Waals surface area contributed by atoms with E-state index in [1.807, 2.05) is 0 Å². The molecule has 1 saturated heterocycles. The predicted molar refractivity (Wildman–Crippen MR) is 75.0 cm³/mol. The van der Waals surface area contributed by atoms with Gasteiger partial charge in [0.1, 0.15) is 0 Å². The van der Waals surface area contributed by atoms with E-state index in [1.165, 1.54) is 6.92 Å². The van der Waals surface area contributed by atoms with Crippen molar-refractivity contribution >= 4 is 20.2 Å². The molecule has 0 N–H and O–H groups in total. The van der Waals surface area contributed by atoms with Crippen molar-refractivity contribution in [3.05, 3.63) is 0 Å². The summed E-state index contributed by atoms with van der Waals surface area (Å²) in [7, 11) is -2.03. The first-order chi connectivity index (χ1) is 8.53. The van der Waals surface area contributed by atoms with Crippen LogP contribution in [-0.2, 0) is 18.8 Å². The number of likely N-dealkylation sites (tertiary alicyclic amines) is 1. The molecule has 0 radical (unpaired) electrons. The van der Waals surface area contributed by atoms with Crippen molar-refractivity contribution in [1.82, 2.24) is 4.90 Å². The van der Waals surface area contributed by atoms with Crippen molar-refractivity contribution in [2.24, 2.45) is 0 Å². The highest BCUT2D eigenvalue weighted by Gasteiger charge is 2.41. The number of hydrogen-bond acceptors (Lipinski definition) is 4. The summed E-state index contributed by atoms with van der Waals surface area (Å²) in [5.41, 5.74) is 0. The van der Waals surface area contributed by atoms with Gasteiger partial charge in [-0.2, -0.15) is 0 Å². The predicted octanol–water partition coefficient (Wildman–Crippen LogP) is 2.13. The van der Waals surface area contributed by atoms with Crippen molar-refractivity contribution in [1.29, 1.82) is 0 Å². The van der Waals surface area contributed by atoms with E-state index in [1.54, 1.807) is 4.90 Å². The highest BCUT2D eigenvalue weighted by molar-refractivity contribution is 6.74. The number of esters is 1. The molecule has 0 bridgehead atoms. The lowest BCUT2D eigenvalue weighted by Crippen LogP contribution is -2.52. The van der Waals surface area contributed by atoms with Gasteiger partial charge < -0.3 is 14.1 Å². The summed E-state index contributed by atoms with van der Waals surface area (Å²) in [6.07, 6.45) is -0.0741. The molecule has 0 aromatic rings. The maximum atomic E-state index is 11.4. The second kappa shape index (κ2) is 5.62. The molecule has 1 aliphatic heterocycles. The van der Waals surface area contributed by atoms with Crippen LogP contribution in [-0.4, -0.2) is 44.5 Å². The van der Waals surface area contributed by atoms with Gasteiger partial charge in [0.15, 0.2) is 8.32 Å². The SMILES string of the molecule is CC(=O)O[C@@H](CN1CCC1=O)O[Si](C)(C)C(C)(C)C. The number of carbonyl (C=O) groups is 2. The average molecular weight is 287 g/mol. The van der Waals surface area contributed by atoms with E-state index >= 15 is 0 Å². The van der Waals surface area contributed by atoms with E-state index in [4.69, 9.17) is 9.16 Å². The summed E-state index contributed by atoms with van der Waals surface area (Å²) in [6, 6.07) is 0. The molecule has 0 spiro atoms. The van der Waals surface area contributed by atoms with E-state index in [9.17, 15) is 9.59 Å². The number of β-lactam (4-membered cyclic amide) rings is 1. The molecule has 0 unspecified atom stereocenters. The van der Waals surface area contributed by atoms with E-state index in [2.05, 4.69) is 33.9 Å². The number of rotatable bonds is 5. The molecular weight excluding hydrogens is 262 g/mol. The molecule has 0 saturated carbocycles. The third-order valence-electron chi connectivity index (χ3n) is 3.85. The van der Waals surface area contributed by atoms with Gasteiger partial charge in [0.2, 0.25) is 12.2 Å². The van der Waals surface area contributed by atoms with Gasteiger partial charge in [-0.1, -0.05) is 20.8 Å². The highest BCUT2D eigenvalue weighted by atomic mass is 28.4. The quantitative estimate of drug-likeness (QED) is 0.336. The Bertz CT molecular complexity index is 362. The van der Waals surface area contributed by atoms with Gasteiger partial charge in [0, 0.05) is 19.9 Å². The lowest BCUT2D eigenvalue weighted by Gasteiger charge is -2.41. The van der Waals surface area contributed by atoms with Crippen LogP contribution in [0.5, 0.6) is 0 Å². The minimum Gasteiger partial charge on any atom is -0.435 e. The standard InChI is InChI=1S/C13H25NO4Si/c1-10(15)17-12(9-14-8-7-11(14)16)18-19(5,6)13(2,3)4/h12H,7-9H2,1-6H3/t12-/m1/s1. The number of hydrogen-bond donors (Lipinski definition) is 0. The average Bonchev–Trinajstić information content (AvgIpc) is 2.20. The topological polar surface area (TPSA) is 55.8 Å². The highest BCUT2D eigenvalue weighted by Crippen LogP contribution is 2.37. The van der Waals surface area contributed by atoms with Gasteiger partial charge in [-0.15, -0.1) is 0 Å². The van der Waals surface area contributed by atoms with E-state index in [0.717, 1.165) is 6.54 Å². The van der Waals surface area contributed by atoms with Crippen LogP contribution in [0.15, 0.2) is 0 Å². The Morgan fingerprint density at radius 2 is 2.00 bits per heavy atom. The fraction of sp³-hybridized carbons (Fsp3) is 0.846. The van der Waals surface area contributed by atoms with Crippen LogP contribution in [0, 0.1) is 0 Å². The van der Waals surface area contributed by atoms with Crippen molar-refractivity contribution in [2.75, 3.05) is 13.1 Å². The summed E-state index contributed by atoms with van der Waals surface area (Å²) in [5.74, 6) is -0.285. The lowest BCUT2D eigenvalue weighted by atomic mass is 10.2. The Kier molecular flexibility index (Phi) is 4.79. The molecular formula is C13H25NO4Si. The Labute approximate surface area is 116 Å². The molecule has 5 nitrogen and oxygen atoms in total. The third-order valence-corrected chi connectivity index (χ3v) is 8.31. The van der Waals surface area contributed by atoms with Gasteiger partial charge >= 0.3 is 5.97 Å². The monoisotopic (exact) mass is 287 g/mol. The van der Waals surface area contributed by atoms with Crippen molar-refractivity contribution in [3.8, 4) is 0 Å². The van der Waals surface area contributed by atoms with Crippen LogP contribution in [0.25, 0.3) is 0 Å². The molecule has 1 heterocycles. The second-order valence-electron chi connectivity index (χ2n) is 6.51. The maximum absolute atomic E-state index is 11.4. The van der Waals surface area contributed by atoms with Crippen LogP contribution in [0.1, 0.15) is 34.1 Å². The van der Waals surface area contributed by atoms with E-state index < -0.39 is 14.6 Å². The molecule has 19 heavy (non-hydrogen) atoms. The number of nitrogens with zero attached hydrogens (tertiary/aromatic N) is 1. The third kappa shape index (κ3) is 4.31. The van der Waals surface area contributed by atoms with Crippen molar-refractivity contribution < 1.29 is 18.8 Å². The number of amides is 1. The van der Waals surface area contributed by atoms with E-state index in [-0.39, 0.29) is 16.9 Å². The zero-order valence-corrected chi connectivity index (χ0v) is 13.8. The van der Waals surface area contributed by atoms with Crippen LogP contribution in [0.4, 0.5) is 0 Å².